The van der Waals surface area contributed by atoms with Crippen LogP contribution in [0.5, 0.6) is 5.75 Å². The predicted octanol–water partition coefficient (Wildman–Crippen LogP) is 1.25. The highest BCUT2D eigenvalue weighted by Gasteiger charge is 2.37. The molecule has 1 N–H and O–H groups in total. The van der Waals surface area contributed by atoms with Crippen molar-refractivity contribution in [3.8, 4) is 5.75 Å². The molecule has 24 heavy (non-hydrogen) atoms. The fraction of sp³-hybridized carbons (Fsp3) is 0.438. The van der Waals surface area contributed by atoms with Crippen LogP contribution in [0.1, 0.15) is 18.5 Å². The van der Waals surface area contributed by atoms with Crippen LogP contribution in [-0.2, 0) is 16.6 Å². The van der Waals surface area contributed by atoms with E-state index in [4.69, 9.17) is 4.74 Å². The molecule has 3 rings (SSSR count). The normalized spacial score (nSPS) is 19.3. The molecule has 1 aromatic carbocycles. The number of nitrogens with zero attached hydrogens (tertiary/aromatic N) is 3. The molecule has 1 saturated heterocycles. The Labute approximate surface area is 142 Å². The monoisotopic (exact) mass is 350 g/mol. The third-order valence-electron chi connectivity index (χ3n) is 4.24. The number of hydrogen-bond donors (Lipinski definition) is 1. The van der Waals surface area contributed by atoms with Gasteiger partial charge in [0.2, 0.25) is 0 Å². The number of ether oxygens (including phenoxy) is 1. The lowest BCUT2D eigenvalue weighted by Gasteiger charge is -2.35. The summed E-state index contributed by atoms with van der Waals surface area (Å²) in [4.78, 5) is 0. The van der Waals surface area contributed by atoms with Crippen molar-refractivity contribution < 1.29 is 13.2 Å². The van der Waals surface area contributed by atoms with E-state index >= 15 is 0 Å². The van der Waals surface area contributed by atoms with Gasteiger partial charge >= 0.3 is 0 Å². The third-order valence-corrected chi connectivity index (χ3v) is 6.17. The molecular formula is C16H22N4O3S. The quantitative estimate of drug-likeness (QED) is 0.878. The largest absolute Gasteiger partial charge is 0.496 e. The smallest absolute Gasteiger partial charge is 0.260 e. The van der Waals surface area contributed by atoms with Gasteiger partial charge in [0.15, 0.2) is 5.03 Å². The number of hydrogen-bond acceptors (Lipinski definition) is 5. The van der Waals surface area contributed by atoms with E-state index in [0.717, 1.165) is 5.56 Å². The van der Waals surface area contributed by atoms with Crippen LogP contribution in [-0.4, -0.2) is 49.2 Å². The maximum atomic E-state index is 13.2. The molecule has 1 aromatic heterocycles. The molecule has 0 bridgehead atoms. The molecule has 1 aliphatic heterocycles. The zero-order chi connectivity index (χ0) is 17.2. The standard InChI is InChI=1S/C16H22N4O3S/c1-3-19-16(8-9-18-19)24(21,22)20-11-10-17-12-14(20)13-6-4-5-7-15(13)23-2/h4-9,14,17H,3,10-12H2,1-2H3. The minimum Gasteiger partial charge on any atom is -0.496 e. The first-order valence-corrected chi connectivity index (χ1v) is 9.41. The maximum Gasteiger partial charge on any atom is 0.260 e. The minimum absolute atomic E-state index is 0.229. The van der Waals surface area contributed by atoms with E-state index in [2.05, 4.69) is 10.4 Å². The van der Waals surface area contributed by atoms with E-state index < -0.39 is 10.0 Å². The Bertz CT molecular complexity index is 803. The van der Waals surface area contributed by atoms with Crippen molar-refractivity contribution in [2.75, 3.05) is 26.7 Å². The molecule has 1 unspecified atom stereocenters. The van der Waals surface area contributed by atoms with Gasteiger partial charge in [0.25, 0.3) is 10.0 Å². The van der Waals surface area contributed by atoms with Crippen LogP contribution < -0.4 is 10.1 Å². The van der Waals surface area contributed by atoms with Crippen LogP contribution in [0.3, 0.4) is 0 Å². The zero-order valence-corrected chi connectivity index (χ0v) is 14.7. The second-order valence-electron chi connectivity index (χ2n) is 5.56. The van der Waals surface area contributed by atoms with E-state index in [0.29, 0.717) is 31.9 Å². The Morgan fingerprint density at radius 1 is 1.33 bits per heavy atom. The van der Waals surface area contributed by atoms with Crippen LogP contribution in [0.4, 0.5) is 0 Å². The molecule has 2 aromatic rings. The number of para-hydroxylation sites is 1. The Kier molecular flexibility index (Phi) is 4.88. The number of methoxy groups -OCH3 is 1. The Balaban J connectivity index is 2.04. The molecule has 7 nitrogen and oxygen atoms in total. The summed E-state index contributed by atoms with van der Waals surface area (Å²) in [5.74, 6) is 0.690. The summed E-state index contributed by atoms with van der Waals surface area (Å²) < 4.78 is 34.9. The molecule has 0 radical (unpaired) electrons. The molecule has 130 valence electrons. The van der Waals surface area contributed by atoms with Crippen molar-refractivity contribution >= 4 is 10.0 Å². The molecule has 0 aliphatic carbocycles. The maximum absolute atomic E-state index is 13.2. The van der Waals surface area contributed by atoms with Crippen LogP contribution >= 0.6 is 0 Å². The van der Waals surface area contributed by atoms with E-state index in [9.17, 15) is 8.42 Å². The van der Waals surface area contributed by atoms with E-state index in [1.165, 1.54) is 10.9 Å². The van der Waals surface area contributed by atoms with Gasteiger partial charge < -0.3 is 10.1 Å². The van der Waals surface area contributed by atoms with Gasteiger partial charge in [-0.25, -0.2) is 8.42 Å². The van der Waals surface area contributed by atoms with Gasteiger partial charge in [-0.3, -0.25) is 4.68 Å². The van der Waals surface area contributed by atoms with Gasteiger partial charge in [-0.2, -0.15) is 9.40 Å². The fourth-order valence-electron chi connectivity index (χ4n) is 3.08. The van der Waals surface area contributed by atoms with Crippen LogP contribution in [0.15, 0.2) is 41.6 Å². The van der Waals surface area contributed by atoms with Gasteiger partial charge in [-0.1, -0.05) is 18.2 Å². The lowest BCUT2D eigenvalue weighted by Crippen LogP contribution is -2.49. The number of aromatic nitrogens is 2. The molecule has 0 spiro atoms. The van der Waals surface area contributed by atoms with Gasteiger partial charge in [0.1, 0.15) is 5.75 Å². The molecule has 0 saturated carbocycles. The van der Waals surface area contributed by atoms with Crippen molar-refractivity contribution in [3.05, 3.63) is 42.1 Å². The predicted molar refractivity (Wildman–Crippen MR) is 90.4 cm³/mol. The van der Waals surface area contributed by atoms with Gasteiger partial charge in [0.05, 0.1) is 19.3 Å². The van der Waals surface area contributed by atoms with Crippen molar-refractivity contribution in [1.29, 1.82) is 0 Å². The van der Waals surface area contributed by atoms with Gasteiger partial charge in [-0.05, 0) is 19.1 Å². The number of sulfonamides is 1. The van der Waals surface area contributed by atoms with Crippen LogP contribution in [0.2, 0.25) is 0 Å². The van der Waals surface area contributed by atoms with Crippen molar-refractivity contribution in [2.24, 2.45) is 0 Å². The Morgan fingerprint density at radius 3 is 2.88 bits per heavy atom. The number of nitrogens with one attached hydrogen (secondary N) is 1. The summed E-state index contributed by atoms with van der Waals surface area (Å²) in [7, 11) is -2.05. The average Bonchev–Trinajstić information content (AvgIpc) is 3.11. The summed E-state index contributed by atoms with van der Waals surface area (Å²) in [5.41, 5.74) is 0.860. The lowest BCUT2D eigenvalue weighted by atomic mass is 10.0. The minimum atomic E-state index is -3.65. The van der Waals surface area contributed by atoms with Crippen LogP contribution in [0.25, 0.3) is 0 Å². The number of rotatable bonds is 5. The summed E-state index contributed by atoms with van der Waals surface area (Å²) in [6.45, 7) is 3.94. The van der Waals surface area contributed by atoms with Crippen molar-refractivity contribution in [1.82, 2.24) is 19.4 Å². The third kappa shape index (κ3) is 2.92. The molecule has 8 heteroatoms. The molecule has 1 aliphatic rings. The second-order valence-corrected chi connectivity index (χ2v) is 7.40. The number of benzene rings is 1. The average molecular weight is 350 g/mol. The topological polar surface area (TPSA) is 76.5 Å². The highest BCUT2D eigenvalue weighted by molar-refractivity contribution is 7.89. The highest BCUT2D eigenvalue weighted by Crippen LogP contribution is 2.33. The van der Waals surface area contributed by atoms with Gasteiger partial charge in [-0.15, -0.1) is 0 Å². The number of aryl methyl sites for hydroxylation is 1. The highest BCUT2D eigenvalue weighted by atomic mass is 32.2. The Hall–Kier alpha value is -1.90. The summed E-state index contributed by atoms with van der Waals surface area (Å²) in [6, 6.07) is 8.78. The molecule has 0 amide bonds. The molecule has 1 atom stereocenters. The van der Waals surface area contributed by atoms with Gasteiger partial charge in [0, 0.05) is 31.7 Å². The molecule has 2 heterocycles. The lowest BCUT2D eigenvalue weighted by molar-refractivity contribution is 0.262. The van der Waals surface area contributed by atoms with E-state index in [1.54, 1.807) is 17.5 Å². The van der Waals surface area contributed by atoms with E-state index in [-0.39, 0.29) is 11.1 Å². The molecule has 1 fully saturated rings. The summed E-state index contributed by atoms with van der Waals surface area (Å²) in [5, 5.41) is 7.60. The SMILES string of the molecule is CCn1nccc1S(=O)(=O)N1CCNCC1c1ccccc1OC. The molecular weight excluding hydrogens is 328 g/mol. The number of piperazine rings is 1. The fourth-order valence-corrected chi connectivity index (χ4v) is 4.85. The van der Waals surface area contributed by atoms with Crippen molar-refractivity contribution in [3.63, 3.8) is 0 Å². The van der Waals surface area contributed by atoms with Crippen LogP contribution in [0, 0.1) is 0 Å². The first-order chi connectivity index (χ1) is 11.6. The first kappa shape index (κ1) is 16.9. The van der Waals surface area contributed by atoms with E-state index in [1.807, 2.05) is 31.2 Å². The zero-order valence-electron chi connectivity index (χ0n) is 13.8. The first-order valence-electron chi connectivity index (χ1n) is 7.97. The summed E-state index contributed by atoms with van der Waals surface area (Å²) in [6.07, 6.45) is 1.52. The Morgan fingerprint density at radius 2 is 2.12 bits per heavy atom. The second kappa shape index (κ2) is 6.92. The van der Waals surface area contributed by atoms with Crippen molar-refractivity contribution in [2.45, 2.75) is 24.5 Å². The summed E-state index contributed by atoms with van der Waals surface area (Å²) >= 11 is 0.